The average molecular weight is 242 g/mol. The number of nitrogens with one attached hydrogen (secondary N) is 1. The lowest BCUT2D eigenvalue weighted by molar-refractivity contribution is -0.0793. The van der Waals surface area contributed by atoms with Gasteiger partial charge in [-0.05, 0) is 33.7 Å². The molecule has 1 N–H and O–H groups in total. The molecule has 1 heterocycles. The summed E-state index contributed by atoms with van der Waals surface area (Å²) in [6.45, 7) is 12.0. The average Bonchev–Trinajstić information content (AvgIpc) is 2.30. The van der Waals surface area contributed by atoms with Crippen molar-refractivity contribution < 1.29 is 4.74 Å². The van der Waals surface area contributed by atoms with Crippen LogP contribution in [0, 0.1) is 0 Å². The molecule has 3 heteroatoms. The molecule has 102 valence electrons. The van der Waals surface area contributed by atoms with Crippen molar-refractivity contribution in [2.24, 2.45) is 0 Å². The molecule has 1 fully saturated rings. The van der Waals surface area contributed by atoms with E-state index < -0.39 is 0 Å². The summed E-state index contributed by atoms with van der Waals surface area (Å²) in [5, 5.41) is 3.51. The van der Waals surface area contributed by atoms with Crippen LogP contribution in [0.25, 0.3) is 0 Å². The van der Waals surface area contributed by atoms with Gasteiger partial charge in [0.25, 0.3) is 0 Å². The molecule has 1 aliphatic heterocycles. The first kappa shape index (κ1) is 14.9. The van der Waals surface area contributed by atoms with Crippen LogP contribution in [-0.2, 0) is 4.74 Å². The molecule has 0 bridgehead atoms. The van der Waals surface area contributed by atoms with Crippen LogP contribution in [0.5, 0.6) is 0 Å². The Kier molecular flexibility index (Phi) is 5.90. The van der Waals surface area contributed by atoms with Crippen LogP contribution >= 0.6 is 0 Å². The highest BCUT2D eigenvalue weighted by Gasteiger charge is 2.37. The molecule has 1 rings (SSSR count). The minimum Gasteiger partial charge on any atom is -0.378 e. The molecule has 17 heavy (non-hydrogen) atoms. The number of ether oxygens (including phenoxy) is 1. The van der Waals surface area contributed by atoms with E-state index in [0.717, 1.165) is 19.8 Å². The van der Waals surface area contributed by atoms with Gasteiger partial charge in [0.05, 0.1) is 13.2 Å². The quantitative estimate of drug-likeness (QED) is 0.773. The number of morpholine rings is 1. The summed E-state index contributed by atoms with van der Waals surface area (Å²) in [6, 6.07) is 1.22. The Morgan fingerprint density at radius 2 is 2.06 bits per heavy atom. The molecule has 2 unspecified atom stereocenters. The number of rotatable bonds is 6. The van der Waals surface area contributed by atoms with Gasteiger partial charge in [-0.3, -0.25) is 4.90 Å². The zero-order valence-corrected chi connectivity index (χ0v) is 12.3. The van der Waals surface area contributed by atoms with Crippen LogP contribution in [0.15, 0.2) is 0 Å². The number of hydrogen-bond donors (Lipinski definition) is 1. The largest absolute Gasteiger partial charge is 0.378 e. The Bertz CT molecular complexity index is 218. The molecule has 0 spiro atoms. The van der Waals surface area contributed by atoms with Gasteiger partial charge in [-0.15, -0.1) is 0 Å². The molecule has 0 aromatic rings. The minimum atomic E-state index is 0.168. The van der Waals surface area contributed by atoms with E-state index in [4.69, 9.17) is 4.74 Å². The van der Waals surface area contributed by atoms with Gasteiger partial charge in [-0.1, -0.05) is 20.3 Å². The monoisotopic (exact) mass is 242 g/mol. The van der Waals surface area contributed by atoms with Gasteiger partial charge in [0.2, 0.25) is 0 Å². The van der Waals surface area contributed by atoms with Crippen molar-refractivity contribution in [3.05, 3.63) is 0 Å². The van der Waals surface area contributed by atoms with Gasteiger partial charge in [-0.25, -0.2) is 0 Å². The first-order valence-corrected chi connectivity index (χ1v) is 7.08. The van der Waals surface area contributed by atoms with Crippen LogP contribution in [0.2, 0.25) is 0 Å². The fourth-order valence-electron chi connectivity index (χ4n) is 3.05. The summed E-state index contributed by atoms with van der Waals surface area (Å²) < 4.78 is 5.62. The summed E-state index contributed by atoms with van der Waals surface area (Å²) in [4.78, 5) is 2.65. The molecule has 1 aliphatic rings. The molecule has 0 aliphatic carbocycles. The van der Waals surface area contributed by atoms with Crippen molar-refractivity contribution in [1.29, 1.82) is 0 Å². The van der Waals surface area contributed by atoms with E-state index in [9.17, 15) is 0 Å². The first-order chi connectivity index (χ1) is 8.06. The van der Waals surface area contributed by atoms with Crippen LogP contribution in [0.1, 0.15) is 47.0 Å². The normalized spacial score (nSPS) is 24.5. The number of hydrogen-bond acceptors (Lipinski definition) is 3. The third-order valence-electron chi connectivity index (χ3n) is 3.96. The fourth-order valence-corrected chi connectivity index (χ4v) is 3.05. The topological polar surface area (TPSA) is 24.5 Å². The predicted octanol–water partition coefficient (Wildman–Crippen LogP) is 2.26. The number of likely N-dealkylation sites (N-methyl/N-ethyl adjacent to an activating group) is 1. The molecule has 0 amide bonds. The van der Waals surface area contributed by atoms with E-state index in [0.29, 0.717) is 12.1 Å². The van der Waals surface area contributed by atoms with E-state index in [1.807, 2.05) is 0 Å². The standard InChI is InChI=1S/C14H30N2O/c1-6-8-12(15-5)13(7-2)16-9-10-17-11-14(16,3)4/h12-13,15H,6-11H2,1-5H3. The van der Waals surface area contributed by atoms with Gasteiger partial charge in [-0.2, -0.15) is 0 Å². The maximum atomic E-state index is 5.62. The lowest BCUT2D eigenvalue weighted by Gasteiger charge is -2.48. The third-order valence-corrected chi connectivity index (χ3v) is 3.96. The van der Waals surface area contributed by atoms with Crippen molar-refractivity contribution in [2.75, 3.05) is 26.8 Å². The number of nitrogens with zero attached hydrogens (tertiary/aromatic N) is 1. The Labute approximate surface area is 107 Å². The summed E-state index contributed by atoms with van der Waals surface area (Å²) >= 11 is 0. The van der Waals surface area contributed by atoms with E-state index in [2.05, 4.69) is 45.0 Å². The van der Waals surface area contributed by atoms with E-state index in [1.54, 1.807) is 0 Å². The zero-order valence-electron chi connectivity index (χ0n) is 12.3. The Morgan fingerprint density at radius 3 is 2.53 bits per heavy atom. The van der Waals surface area contributed by atoms with Crippen molar-refractivity contribution >= 4 is 0 Å². The summed E-state index contributed by atoms with van der Waals surface area (Å²) in [6.07, 6.45) is 3.70. The van der Waals surface area contributed by atoms with Gasteiger partial charge in [0.1, 0.15) is 0 Å². The van der Waals surface area contributed by atoms with Crippen molar-refractivity contribution in [2.45, 2.75) is 64.6 Å². The molecular weight excluding hydrogens is 212 g/mol. The minimum absolute atomic E-state index is 0.168. The van der Waals surface area contributed by atoms with Crippen LogP contribution in [0.4, 0.5) is 0 Å². The molecule has 0 aromatic heterocycles. The highest BCUT2D eigenvalue weighted by Crippen LogP contribution is 2.26. The summed E-state index contributed by atoms with van der Waals surface area (Å²) in [7, 11) is 2.09. The smallest absolute Gasteiger partial charge is 0.0645 e. The zero-order chi connectivity index (χ0) is 12.9. The maximum Gasteiger partial charge on any atom is 0.0645 e. The molecule has 0 saturated carbocycles. The second kappa shape index (κ2) is 6.72. The molecule has 0 aromatic carbocycles. The summed E-state index contributed by atoms with van der Waals surface area (Å²) in [5.74, 6) is 0. The van der Waals surface area contributed by atoms with Gasteiger partial charge >= 0.3 is 0 Å². The second-order valence-corrected chi connectivity index (χ2v) is 5.72. The van der Waals surface area contributed by atoms with E-state index in [-0.39, 0.29) is 5.54 Å². The first-order valence-electron chi connectivity index (χ1n) is 7.08. The van der Waals surface area contributed by atoms with Crippen molar-refractivity contribution in [1.82, 2.24) is 10.2 Å². The van der Waals surface area contributed by atoms with Crippen LogP contribution < -0.4 is 5.32 Å². The molecule has 0 radical (unpaired) electrons. The molecular formula is C14H30N2O. The van der Waals surface area contributed by atoms with Gasteiger partial charge < -0.3 is 10.1 Å². The maximum absolute atomic E-state index is 5.62. The Hall–Kier alpha value is -0.120. The molecule has 3 nitrogen and oxygen atoms in total. The fraction of sp³-hybridized carbons (Fsp3) is 1.00. The van der Waals surface area contributed by atoms with E-state index in [1.165, 1.54) is 19.3 Å². The van der Waals surface area contributed by atoms with Crippen LogP contribution in [-0.4, -0.2) is 49.3 Å². The molecule has 1 saturated heterocycles. The van der Waals surface area contributed by atoms with Crippen molar-refractivity contribution in [3.8, 4) is 0 Å². The second-order valence-electron chi connectivity index (χ2n) is 5.72. The van der Waals surface area contributed by atoms with E-state index >= 15 is 0 Å². The third kappa shape index (κ3) is 3.67. The Morgan fingerprint density at radius 1 is 1.35 bits per heavy atom. The summed E-state index contributed by atoms with van der Waals surface area (Å²) in [5.41, 5.74) is 0.168. The lowest BCUT2D eigenvalue weighted by Crippen LogP contribution is -2.61. The highest BCUT2D eigenvalue weighted by molar-refractivity contribution is 4.93. The van der Waals surface area contributed by atoms with Crippen LogP contribution in [0.3, 0.4) is 0 Å². The lowest BCUT2D eigenvalue weighted by atomic mass is 9.92. The van der Waals surface area contributed by atoms with Crippen molar-refractivity contribution in [3.63, 3.8) is 0 Å². The highest BCUT2D eigenvalue weighted by atomic mass is 16.5. The SMILES string of the molecule is CCCC(NC)C(CC)N1CCOCC1(C)C. The Balaban J connectivity index is 2.76. The van der Waals surface area contributed by atoms with Gasteiger partial charge in [0.15, 0.2) is 0 Å². The van der Waals surface area contributed by atoms with Gasteiger partial charge in [0, 0.05) is 24.2 Å². The molecule has 2 atom stereocenters. The predicted molar refractivity (Wildman–Crippen MR) is 73.4 cm³/mol.